The number of carbonyl (C=O) groups excluding carboxylic acids is 2. The van der Waals surface area contributed by atoms with E-state index < -0.39 is 11.9 Å². The van der Waals surface area contributed by atoms with Crippen molar-refractivity contribution in [3.63, 3.8) is 0 Å². The van der Waals surface area contributed by atoms with Crippen LogP contribution in [0.3, 0.4) is 0 Å². The largest absolute Gasteiger partial charge is 0.452 e. The van der Waals surface area contributed by atoms with Crippen LogP contribution in [0.1, 0.15) is 27.9 Å². The molecule has 5 heteroatoms. The number of rotatable bonds is 7. The van der Waals surface area contributed by atoms with E-state index in [1.54, 1.807) is 12.1 Å². The van der Waals surface area contributed by atoms with Crippen molar-refractivity contribution in [2.24, 2.45) is 0 Å². The molecule has 122 valence electrons. The molecule has 5 nitrogen and oxygen atoms in total. The van der Waals surface area contributed by atoms with Crippen LogP contribution in [-0.4, -0.2) is 25.0 Å². The monoisotopic (exact) mass is 322 g/mol. The first-order chi connectivity index (χ1) is 11.7. The number of esters is 1. The fourth-order valence-electron chi connectivity index (χ4n) is 2.21. The van der Waals surface area contributed by atoms with Gasteiger partial charge in [0.15, 0.2) is 6.61 Å². The van der Waals surface area contributed by atoms with Gasteiger partial charge in [-0.25, -0.2) is 4.79 Å². The molecule has 0 aromatic heterocycles. The highest BCUT2D eigenvalue weighted by atomic mass is 16.5. The number of nitrogens with zero attached hydrogens (tertiary/aromatic N) is 1. The molecule has 24 heavy (non-hydrogen) atoms. The van der Waals surface area contributed by atoms with Gasteiger partial charge in [-0.1, -0.05) is 48.5 Å². The Kier molecular flexibility index (Phi) is 6.54. The summed E-state index contributed by atoms with van der Waals surface area (Å²) in [7, 11) is 0. The highest BCUT2D eigenvalue weighted by Crippen LogP contribution is 2.15. The van der Waals surface area contributed by atoms with Crippen molar-refractivity contribution in [2.75, 3.05) is 13.2 Å². The van der Waals surface area contributed by atoms with E-state index in [-0.39, 0.29) is 19.6 Å². The lowest BCUT2D eigenvalue weighted by atomic mass is 10.00. The number of hydrogen-bond acceptors (Lipinski definition) is 4. The van der Waals surface area contributed by atoms with E-state index in [2.05, 4.69) is 5.32 Å². The molecule has 0 aliphatic rings. The van der Waals surface area contributed by atoms with Crippen molar-refractivity contribution in [3.8, 4) is 6.07 Å². The predicted octanol–water partition coefficient (Wildman–Crippen LogP) is 2.46. The Balaban J connectivity index is 1.97. The molecule has 0 bridgehead atoms. The van der Waals surface area contributed by atoms with Gasteiger partial charge in [-0.2, -0.15) is 5.26 Å². The zero-order valence-electron chi connectivity index (χ0n) is 13.2. The van der Waals surface area contributed by atoms with Crippen molar-refractivity contribution in [2.45, 2.75) is 12.8 Å². The van der Waals surface area contributed by atoms with Gasteiger partial charge in [0.1, 0.15) is 0 Å². The van der Waals surface area contributed by atoms with E-state index in [1.165, 1.54) is 0 Å². The maximum Gasteiger partial charge on any atom is 0.338 e. The summed E-state index contributed by atoms with van der Waals surface area (Å²) in [6.45, 7) is -0.110. The predicted molar refractivity (Wildman–Crippen MR) is 89.2 cm³/mol. The SMILES string of the molecule is N#CCCNC(=O)COC(=O)c1ccccc1Cc1ccccc1. The van der Waals surface area contributed by atoms with Crippen molar-refractivity contribution in [1.29, 1.82) is 5.26 Å². The summed E-state index contributed by atoms with van der Waals surface area (Å²) in [6.07, 6.45) is 0.833. The summed E-state index contributed by atoms with van der Waals surface area (Å²) in [5, 5.41) is 10.9. The number of nitrogens with one attached hydrogen (secondary N) is 1. The maximum absolute atomic E-state index is 12.2. The van der Waals surface area contributed by atoms with Crippen molar-refractivity contribution < 1.29 is 14.3 Å². The molecule has 2 aromatic rings. The highest BCUT2D eigenvalue weighted by molar-refractivity contribution is 5.92. The maximum atomic E-state index is 12.2. The average molecular weight is 322 g/mol. The zero-order valence-corrected chi connectivity index (χ0v) is 13.2. The average Bonchev–Trinajstić information content (AvgIpc) is 2.61. The third-order valence-electron chi connectivity index (χ3n) is 3.37. The molecule has 1 amide bonds. The van der Waals surface area contributed by atoms with Gasteiger partial charge in [0, 0.05) is 6.54 Å². The fraction of sp³-hybridized carbons (Fsp3) is 0.211. The lowest BCUT2D eigenvalue weighted by Gasteiger charge is -2.10. The Bertz CT molecular complexity index is 736. The standard InChI is InChI=1S/C19H18N2O3/c20-11-6-12-21-18(22)14-24-19(23)17-10-5-4-9-16(17)13-15-7-2-1-3-8-15/h1-5,7-10H,6,12-14H2,(H,21,22). The van der Waals surface area contributed by atoms with Crippen molar-refractivity contribution in [3.05, 3.63) is 71.3 Å². The molecule has 0 aliphatic heterocycles. The summed E-state index contributed by atoms with van der Waals surface area (Å²) in [4.78, 5) is 23.8. The van der Waals surface area contributed by atoms with E-state index in [9.17, 15) is 9.59 Å². The Morgan fingerprint density at radius 1 is 1.04 bits per heavy atom. The Morgan fingerprint density at radius 3 is 2.50 bits per heavy atom. The number of carbonyl (C=O) groups is 2. The number of benzene rings is 2. The Hall–Kier alpha value is -3.13. The quantitative estimate of drug-likeness (QED) is 0.627. The summed E-state index contributed by atoms with van der Waals surface area (Å²) in [5.41, 5.74) is 2.39. The second kappa shape index (κ2) is 9.11. The molecule has 0 atom stereocenters. The van der Waals surface area contributed by atoms with Crippen LogP contribution in [0.5, 0.6) is 0 Å². The summed E-state index contributed by atoms with van der Waals surface area (Å²) >= 11 is 0. The molecule has 0 aliphatic carbocycles. The van der Waals surface area contributed by atoms with E-state index in [1.807, 2.05) is 48.5 Å². The van der Waals surface area contributed by atoms with Crippen LogP contribution in [-0.2, 0) is 16.0 Å². The molecule has 0 heterocycles. The van der Waals surface area contributed by atoms with Gasteiger partial charge in [0.05, 0.1) is 18.1 Å². The summed E-state index contributed by atoms with van der Waals surface area (Å²) in [5.74, 6) is -0.948. The van der Waals surface area contributed by atoms with Crippen LogP contribution in [0.25, 0.3) is 0 Å². The lowest BCUT2D eigenvalue weighted by Crippen LogP contribution is -2.29. The number of nitriles is 1. The first-order valence-electron chi connectivity index (χ1n) is 7.63. The van der Waals surface area contributed by atoms with Gasteiger partial charge in [-0.15, -0.1) is 0 Å². The topological polar surface area (TPSA) is 79.2 Å². The minimum atomic E-state index is -0.531. The first-order valence-corrected chi connectivity index (χ1v) is 7.63. The normalized spacial score (nSPS) is 9.79. The lowest BCUT2D eigenvalue weighted by molar-refractivity contribution is -0.124. The Morgan fingerprint density at radius 2 is 1.75 bits per heavy atom. The summed E-state index contributed by atoms with van der Waals surface area (Å²) in [6, 6.07) is 18.9. The summed E-state index contributed by atoms with van der Waals surface area (Å²) < 4.78 is 5.07. The molecule has 0 radical (unpaired) electrons. The molecular formula is C19H18N2O3. The fourth-order valence-corrected chi connectivity index (χ4v) is 2.21. The van der Waals surface area contributed by atoms with Crippen LogP contribution >= 0.6 is 0 Å². The van der Waals surface area contributed by atoms with E-state index in [0.29, 0.717) is 12.0 Å². The number of hydrogen-bond donors (Lipinski definition) is 1. The van der Waals surface area contributed by atoms with Gasteiger partial charge in [-0.05, 0) is 23.6 Å². The second-order valence-electron chi connectivity index (χ2n) is 5.15. The smallest absolute Gasteiger partial charge is 0.338 e. The highest BCUT2D eigenvalue weighted by Gasteiger charge is 2.14. The van der Waals surface area contributed by atoms with Gasteiger partial charge < -0.3 is 10.1 Å². The van der Waals surface area contributed by atoms with E-state index in [4.69, 9.17) is 10.00 Å². The van der Waals surface area contributed by atoms with Gasteiger partial charge in [0.2, 0.25) is 0 Å². The van der Waals surface area contributed by atoms with Crippen LogP contribution in [0.15, 0.2) is 54.6 Å². The van der Waals surface area contributed by atoms with Crippen LogP contribution < -0.4 is 5.32 Å². The Labute approximate surface area is 140 Å². The molecule has 0 saturated carbocycles. The number of ether oxygens (including phenoxy) is 1. The van der Waals surface area contributed by atoms with Crippen LogP contribution in [0.2, 0.25) is 0 Å². The van der Waals surface area contributed by atoms with Crippen molar-refractivity contribution in [1.82, 2.24) is 5.32 Å². The molecule has 2 aromatic carbocycles. The van der Waals surface area contributed by atoms with Gasteiger partial charge in [-0.3, -0.25) is 4.79 Å². The van der Waals surface area contributed by atoms with E-state index in [0.717, 1.165) is 11.1 Å². The van der Waals surface area contributed by atoms with E-state index >= 15 is 0 Å². The molecule has 0 spiro atoms. The first kappa shape index (κ1) is 17.2. The van der Waals surface area contributed by atoms with Crippen LogP contribution in [0.4, 0.5) is 0 Å². The third kappa shape index (κ3) is 5.25. The minimum absolute atomic E-state index is 0.222. The molecule has 0 fully saturated rings. The second-order valence-corrected chi connectivity index (χ2v) is 5.15. The van der Waals surface area contributed by atoms with Gasteiger partial charge in [0.25, 0.3) is 5.91 Å². The molecule has 0 saturated heterocycles. The van der Waals surface area contributed by atoms with Crippen LogP contribution in [0, 0.1) is 11.3 Å². The number of amides is 1. The minimum Gasteiger partial charge on any atom is -0.452 e. The van der Waals surface area contributed by atoms with Gasteiger partial charge >= 0.3 is 5.97 Å². The third-order valence-corrected chi connectivity index (χ3v) is 3.37. The van der Waals surface area contributed by atoms with Crippen molar-refractivity contribution >= 4 is 11.9 Å². The molecular weight excluding hydrogens is 304 g/mol. The zero-order chi connectivity index (χ0) is 17.2. The molecule has 2 rings (SSSR count). The molecule has 1 N–H and O–H groups in total. The molecule has 0 unspecified atom stereocenters.